The van der Waals surface area contributed by atoms with E-state index in [0.717, 1.165) is 54.9 Å². The van der Waals surface area contributed by atoms with Crippen molar-refractivity contribution in [1.29, 1.82) is 0 Å². The van der Waals surface area contributed by atoms with Gasteiger partial charge in [-0.2, -0.15) is 0 Å². The van der Waals surface area contributed by atoms with E-state index in [1.54, 1.807) is 0 Å². The van der Waals surface area contributed by atoms with Gasteiger partial charge < -0.3 is 0 Å². The van der Waals surface area contributed by atoms with Crippen LogP contribution in [0, 0.1) is 0 Å². The SMILES string of the molecule is Clc1ccc2c(c1)c1ccccc1n2-c1nc2ccccc2nc1-c1ccccc1. The van der Waals surface area contributed by atoms with Crippen LogP contribution < -0.4 is 0 Å². The van der Waals surface area contributed by atoms with Crippen LogP contribution in [0.2, 0.25) is 5.02 Å². The van der Waals surface area contributed by atoms with Gasteiger partial charge in [0.05, 0.1) is 22.1 Å². The van der Waals surface area contributed by atoms with Crippen LogP contribution in [0.4, 0.5) is 0 Å². The van der Waals surface area contributed by atoms with Gasteiger partial charge in [-0.1, -0.05) is 72.3 Å². The molecule has 0 fully saturated rings. The van der Waals surface area contributed by atoms with Gasteiger partial charge in [-0.15, -0.1) is 0 Å². The van der Waals surface area contributed by atoms with E-state index in [1.165, 1.54) is 0 Å². The summed E-state index contributed by atoms with van der Waals surface area (Å²) in [7, 11) is 0. The number of halogens is 1. The summed E-state index contributed by atoms with van der Waals surface area (Å²) >= 11 is 6.34. The summed E-state index contributed by atoms with van der Waals surface area (Å²) in [6.45, 7) is 0. The van der Waals surface area contributed by atoms with Gasteiger partial charge in [0.25, 0.3) is 0 Å². The molecule has 6 rings (SSSR count). The highest BCUT2D eigenvalue weighted by Gasteiger charge is 2.18. The molecular formula is C26H16ClN3. The first-order chi connectivity index (χ1) is 14.8. The Balaban J connectivity index is 1.80. The van der Waals surface area contributed by atoms with Crippen LogP contribution >= 0.6 is 11.6 Å². The Kier molecular flexibility index (Phi) is 3.83. The van der Waals surface area contributed by atoms with Gasteiger partial charge in [0, 0.05) is 21.4 Å². The number of hydrogen-bond donors (Lipinski definition) is 0. The Morgan fingerprint density at radius 1 is 0.600 bits per heavy atom. The van der Waals surface area contributed by atoms with E-state index in [1.807, 2.05) is 54.6 Å². The van der Waals surface area contributed by atoms with Crippen molar-refractivity contribution < 1.29 is 0 Å². The average Bonchev–Trinajstić information content (AvgIpc) is 3.12. The predicted molar refractivity (Wildman–Crippen MR) is 124 cm³/mol. The first-order valence-electron chi connectivity index (χ1n) is 9.81. The quantitative estimate of drug-likeness (QED) is 0.309. The normalized spacial score (nSPS) is 11.5. The van der Waals surface area contributed by atoms with Crippen LogP contribution in [-0.4, -0.2) is 14.5 Å². The van der Waals surface area contributed by atoms with Gasteiger partial charge in [0.15, 0.2) is 5.82 Å². The van der Waals surface area contributed by atoms with E-state index in [-0.39, 0.29) is 0 Å². The van der Waals surface area contributed by atoms with Gasteiger partial charge in [0.1, 0.15) is 5.69 Å². The summed E-state index contributed by atoms with van der Waals surface area (Å²) in [5.41, 5.74) is 5.77. The van der Waals surface area contributed by atoms with E-state index < -0.39 is 0 Å². The fourth-order valence-corrected chi connectivity index (χ4v) is 4.28. The number of aromatic nitrogens is 3. The standard InChI is InChI=1S/C26H16ClN3/c27-18-14-15-24-20(16-18)19-10-4-7-13-23(19)30(24)26-25(17-8-2-1-3-9-17)28-21-11-5-6-12-22(21)29-26/h1-16H. The number of fused-ring (bicyclic) bond motifs is 4. The van der Waals surface area contributed by atoms with Crippen LogP contribution in [0.1, 0.15) is 0 Å². The maximum Gasteiger partial charge on any atom is 0.165 e. The molecule has 6 aromatic rings. The molecule has 0 bridgehead atoms. The molecule has 0 saturated heterocycles. The zero-order valence-corrected chi connectivity index (χ0v) is 16.7. The van der Waals surface area contributed by atoms with E-state index in [9.17, 15) is 0 Å². The highest BCUT2D eigenvalue weighted by atomic mass is 35.5. The third kappa shape index (κ3) is 2.60. The Morgan fingerprint density at radius 2 is 1.27 bits per heavy atom. The minimum atomic E-state index is 0.721. The van der Waals surface area contributed by atoms with Crippen molar-refractivity contribution in [2.45, 2.75) is 0 Å². The number of rotatable bonds is 2. The monoisotopic (exact) mass is 405 g/mol. The second-order valence-electron chi connectivity index (χ2n) is 7.26. The molecule has 0 atom stereocenters. The lowest BCUT2D eigenvalue weighted by atomic mass is 10.1. The maximum atomic E-state index is 6.34. The number of hydrogen-bond acceptors (Lipinski definition) is 2. The van der Waals surface area contributed by atoms with Crippen LogP contribution in [0.25, 0.3) is 49.9 Å². The first kappa shape index (κ1) is 17.2. The molecule has 30 heavy (non-hydrogen) atoms. The Bertz CT molecular complexity index is 1550. The van der Waals surface area contributed by atoms with Crippen molar-refractivity contribution in [2.75, 3.05) is 0 Å². The molecular weight excluding hydrogens is 390 g/mol. The topological polar surface area (TPSA) is 30.7 Å². The third-order valence-electron chi connectivity index (χ3n) is 5.45. The molecule has 0 saturated carbocycles. The predicted octanol–water partition coefficient (Wildman–Crippen LogP) is 7.05. The van der Waals surface area contributed by atoms with Crippen LogP contribution in [0.15, 0.2) is 97.1 Å². The molecule has 142 valence electrons. The van der Waals surface area contributed by atoms with Gasteiger partial charge in [-0.3, -0.25) is 4.57 Å². The maximum absolute atomic E-state index is 6.34. The Morgan fingerprint density at radius 3 is 2.10 bits per heavy atom. The lowest BCUT2D eigenvalue weighted by Gasteiger charge is -2.13. The highest BCUT2D eigenvalue weighted by Crippen LogP contribution is 2.36. The number of benzene rings is 4. The molecule has 3 nitrogen and oxygen atoms in total. The third-order valence-corrected chi connectivity index (χ3v) is 5.68. The van der Waals surface area contributed by atoms with Crippen LogP contribution in [0.3, 0.4) is 0 Å². The number of nitrogens with zero attached hydrogens (tertiary/aromatic N) is 3. The molecule has 0 amide bonds. The molecule has 0 spiro atoms. The smallest absolute Gasteiger partial charge is 0.165 e. The van der Waals surface area contributed by atoms with Gasteiger partial charge in [0.2, 0.25) is 0 Å². The van der Waals surface area contributed by atoms with E-state index >= 15 is 0 Å². The largest absolute Gasteiger partial charge is 0.292 e. The molecule has 2 heterocycles. The molecule has 0 unspecified atom stereocenters. The zero-order chi connectivity index (χ0) is 20.1. The zero-order valence-electron chi connectivity index (χ0n) is 16.0. The van der Waals surface area contributed by atoms with Crippen molar-refractivity contribution in [3.8, 4) is 17.1 Å². The molecule has 2 aromatic heterocycles. The Labute approximate surface area is 178 Å². The van der Waals surface area contributed by atoms with Gasteiger partial charge >= 0.3 is 0 Å². The second-order valence-corrected chi connectivity index (χ2v) is 7.70. The first-order valence-corrected chi connectivity index (χ1v) is 10.2. The van der Waals surface area contributed by atoms with Crippen LogP contribution in [-0.2, 0) is 0 Å². The molecule has 0 aliphatic rings. The fourth-order valence-electron chi connectivity index (χ4n) is 4.11. The summed E-state index contributed by atoms with van der Waals surface area (Å²) in [5.74, 6) is 0.813. The molecule has 0 N–H and O–H groups in total. The van der Waals surface area contributed by atoms with Crippen LogP contribution in [0.5, 0.6) is 0 Å². The molecule has 4 aromatic carbocycles. The molecule has 0 radical (unpaired) electrons. The molecule has 4 heteroatoms. The minimum absolute atomic E-state index is 0.721. The average molecular weight is 406 g/mol. The van der Waals surface area contributed by atoms with Gasteiger partial charge in [-0.25, -0.2) is 9.97 Å². The summed E-state index contributed by atoms with van der Waals surface area (Å²) in [4.78, 5) is 10.1. The molecule has 0 aliphatic heterocycles. The van der Waals surface area contributed by atoms with E-state index in [0.29, 0.717) is 0 Å². The summed E-state index contributed by atoms with van der Waals surface area (Å²) in [6, 6.07) is 32.6. The fraction of sp³-hybridized carbons (Fsp3) is 0. The highest BCUT2D eigenvalue weighted by molar-refractivity contribution is 6.32. The summed E-state index contributed by atoms with van der Waals surface area (Å²) in [5, 5.41) is 2.97. The van der Waals surface area contributed by atoms with E-state index in [2.05, 4.69) is 47.0 Å². The van der Waals surface area contributed by atoms with Crippen molar-refractivity contribution in [3.05, 3.63) is 102 Å². The number of para-hydroxylation sites is 3. The summed E-state index contributed by atoms with van der Waals surface area (Å²) < 4.78 is 2.20. The van der Waals surface area contributed by atoms with Gasteiger partial charge in [-0.05, 0) is 36.4 Å². The van der Waals surface area contributed by atoms with Crippen molar-refractivity contribution >= 4 is 44.4 Å². The minimum Gasteiger partial charge on any atom is -0.292 e. The Hall–Kier alpha value is -3.69. The second kappa shape index (κ2) is 6.68. The van der Waals surface area contributed by atoms with Crippen molar-refractivity contribution in [1.82, 2.24) is 14.5 Å². The summed E-state index contributed by atoms with van der Waals surface area (Å²) in [6.07, 6.45) is 0. The van der Waals surface area contributed by atoms with E-state index in [4.69, 9.17) is 21.6 Å². The lowest BCUT2D eigenvalue weighted by molar-refractivity contribution is 1.08. The lowest BCUT2D eigenvalue weighted by Crippen LogP contribution is -2.03. The van der Waals surface area contributed by atoms with Crippen molar-refractivity contribution in [2.24, 2.45) is 0 Å². The molecule has 0 aliphatic carbocycles. The van der Waals surface area contributed by atoms with Crippen molar-refractivity contribution in [3.63, 3.8) is 0 Å².